The van der Waals surface area contributed by atoms with Crippen LogP contribution in [-0.4, -0.2) is 41.1 Å². The van der Waals surface area contributed by atoms with Crippen LogP contribution in [0, 0.1) is 11.8 Å². The molecule has 0 aromatic heterocycles. The standard InChI is InChI=1S/C23H20N2O3/c26-18-12-11-17-19-20(21(18)24(17)14-13-15-7-3-1-4-8-15)23(28)25(22(19)27)16-9-5-2-6-10-16/h1-12,17,19-21H,13-14H2/t17-,19-,20-,21+/m0/s1. The first-order chi connectivity index (χ1) is 13.7. The summed E-state index contributed by atoms with van der Waals surface area (Å²) in [7, 11) is 0. The number of benzene rings is 2. The van der Waals surface area contributed by atoms with E-state index >= 15 is 0 Å². The number of nitrogens with zero attached hydrogens (tertiary/aromatic N) is 2. The van der Waals surface area contributed by atoms with Crippen LogP contribution >= 0.6 is 0 Å². The van der Waals surface area contributed by atoms with Gasteiger partial charge in [0, 0.05) is 12.6 Å². The molecule has 2 aromatic carbocycles. The number of amides is 2. The molecule has 5 rings (SSSR count). The van der Waals surface area contributed by atoms with E-state index in [4.69, 9.17) is 0 Å². The molecule has 2 saturated heterocycles. The number of para-hydroxylation sites is 1. The predicted molar refractivity (Wildman–Crippen MR) is 104 cm³/mol. The van der Waals surface area contributed by atoms with Gasteiger partial charge in [-0.1, -0.05) is 54.6 Å². The first-order valence-corrected chi connectivity index (χ1v) is 9.61. The third kappa shape index (κ3) is 2.47. The van der Waals surface area contributed by atoms with Crippen molar-refractivity contribution in [2.75, 3.05) is 11.4 Å². The quantitative estimate of drug-likeness (QED) is 0.773. The number of ketones is 1. The molecule has 4 atom stereocenters. The minimum Gasteiger partial charge on any atom is -0.293 e. The normalized spacial score (nSPS) is 28.9. The summed E-state index contributed by atoms with van der Waals surface area (Å²) in [6.45, 7) is 0.647. The van der Waals surface area contributed by atoms with Gasteiger partial charge in [0.25, 0.3) is 0 Å². The van der Waals surface area contributed by atoms with E-state index in [9.17, 15) is 14.4 Å². The zero-order valence-electron chi connectivity index (χ0n) is 15.3. The van der Waals surface area contributed by atoms with Crippen LogP contribution in [0.1, 0.15) is 5.56 Å². The molecule has 2 bridgehead atoms. The smallest absolute Gasteiger partial charge is 0.239 e. The van der Waals surface area contributed by atoms with E-state index in [-0.39, 0.29) is 23.6 Å². The highest BCUT2D eigenvalue weighted by molar-refractivity contribution is 6.24. The van der Waals surface area contributed by atoms with Gasteiger partial charge in [-0.2, -0.15) is 0 Å². The summed E-state index contributed by atoms with van der Waals surface area (Å²) >= 11 is 0. The number of carbonyl (C=O) groups is 3. The fourth-order valence-corrected chi connectivity index (χ4v) is 4.89. The van der Waals surface area contributed by atoms with E-state index in [0.717, 1.165) is 6.42 Å². The Bertz CT molecular complexity index is 970. The monoisotopic (exact) mass is 372 g/mol. The molecule has 0 unspecified atom stereocenters. The largest absolute Gasteiger partial charge is 0.293 e. The topological polar surface area (TPSA) is 57.7 Å². The Labute approximate surface area is 163 Å². The second-order valence-corrected chi connectivity index (χ2v) is 7.57. The van der Waals surface area contributed by atoms with Gasteiger partial charge in [0.2, 0.25) is 11.8 Å². The number of hydrogen-bond donors (Lipinski definition) is 0. The van der Waals surface area contributed by atoms with Crippen molar-refractivity contribution in [2.45, 2.75) is 18.5 Å². The van der Waals surface area contributed by atoms with Gasteiger partial charge in [-0.25, -0.2) is 4.90 Å². The van der Waals surface area contributed by atoms with Gasteiger partial charge in [-0.05, 0) is 30.2 Å². The minimum absolute atomic E-state index is 0.0760. The van der Waals surface area contributed by atoms with Gasteiger partial charge in [0.15, 0.2) is 5.78 Å². The zero-order valence-corrected chi connectivity index (χ0v) is 15.3. The molecule has 0 radical (unpaired) electrons. The summed E-state index contributed by atoms with van der Waals surface area (Å²) in [5.41, 5.74) is 1.76. The van der Waals surface area contributed by atoms with Crippen molar-refractivity contribution >= 4 is 23.3 Å². The maximum absolute atomic E-state index is 13.2. The van der Waals surface area contributed by atoms with Gasteiger partial charge in [-0.3, -0.25) is 19.3 Å². The molecule has 2 amide bonds. The molecule has 28 heavy (non-hydrogen) atoms. The van der Waals surface area contributed by atoms with Gasteiger partial charge in [0.05, 0.1) is 23.6 Å². The van der Waals surface area contributed by atoms with E-state index in [0.29, 0.717) is 12.2 Å². The summed E-state index contributed by atoms with van der Waals surface area (Å²) in [5.74, 6) is -1.62. The highest BCUT2D eigenvalue weighted by Gasteiger charge is 2.64. The van der Waals surface area contributed by atoms with Crippen molar-refractivity contribution in [1.82, 2.24) is 4.90 Å². The van der Waals surface area contributed by atoms with Crippen LogP contribution in [0.15, 0.2) is 72.8 Å². The molecule has 3 aliphatic rings. The molecule has 5 heteroatoms. The summed E-state index contributed by atoms with van der Waals surface area (Å²) in [5, 5.41) is 0. The molecule has 3 aliphatic heterocycles. The molecule has 0 aliphatic carbocycles. The number of fused-ring (bicyclic) bond motifs is 5. The summed E-state index contributed by atoms with van der Waals surface area (Å²) in [4.78, 5) is 42.4. The SMILES string of the molecule is O=C1C=C[C@H]2[C@@H]3C(=O)N(c4ccccc4)C(=O)[C@@H]3[C@@H]1N2CCc1ccccc1. The number of rotatable bonds is 4. The molecular formula is C23H20N2O3. The lowest BCUT2D eigenvalue weighted by molar-refractivity contribution is -0.128. The lowest BCUT2D eigenvalue weighted by Crippen LogP contribution is -2.49. The van der Waals surface area contributed by atoms with Gasteiger partial charge in [-0.15, -0.1) is 0 Å². The van der Waals surface area contributed by atoms with E-state index < -0.39 is 17.9 Å². The Kier molecular flexibility index (Phi) is 3.98. The van der Waals surface area contributed by atoms with Crippen LogP contribution in [0.3, 0.4) is 0 Å². The van der Waals surface area contributed by atoms with Crippen LogP contribution in [0.5, 0.6) is 0 Å². The Morgan fingerprint density at radius 1 is 0.786 bits per heavy atom. The van der Waals surface area contributed by atoms with E-state index in [1.165, 1.54) is 10.5 Å². The summed E-state index contributed by atoms with van der Waals surface area (Å²) in [6, 6.07) is 18.3. The van der Waals surface area contributed by atoms with Crippen LogP contribution in [-0.2, 0) is 20.8 Å². The lowest BCUT2D eigenvalue weighted by Gasteiger charge is -2.33. The third-order valence-corrected chi connectivity index (χ3v) is 6.11. The highest BCUT2D eigenvalue weighted by atomic mass is 16.2. The Hall–Kier alpha value is -3.05. The average Bonchev–Trinajstić information content (AvgIpc) is 3.12. The van der Waals surface area contributed by atoms with Crippen LogP contribution in [0.25, 0.3) is 0 Å². The molecule has 0 saturated carbocycles. The van der Waals surface area contributed by atoms with Crippen LogP contribution in [0.2, 0.25) is 0 Å². The lowest BCUT2D eigenvalue weighted by atomic mass is 9.90. The fourth-order valence-electron chi connectivity index (χ4n) is 4.89. The van der Waals surface area contributed by atoms with E-state index in [1.54, 1.807) is 18.2 Å². The second kappa shape index (κ2) is 6.53. The Balaban J connectivity index is 1.45. The number of hydrogen-bond acceptors (Lipinski definition) is 4. The summed E-state index contributed by atoms with van der Waals surface area (Å²) < 4.78 is 0. The molecule has 2 aromatic rings. The Morgan fingerprint density at radius 3 is 2.14 bits per heavy atom. The Morgan fingerprint density at radius 2 is 1.43 bits per heavy atom. The van der Waals surface area contributed by atoms with E-state index in [2.05, 4.69) is 17.0 Å². The second-order valence-electron chi connectivity index (χ2n) is 7.57. The number of imide groups is 1. The molecule has 2 fully saturated rings. The van der Waals surface area contributed by atoms with E-state index in [1.807, 2.05) is 42.5 Å². The molecule has 140 valence electrons. The van der Waals surface area contributed by atoms with Gasteiger partial charge >= 0.3 is 0 Å². The first kappa shape index (κ1) is 17.1. The van der Waals surface area contributed by atoms with Crippen molar-refractivity contribution in [3.8, 4) is 0 Å². The van der Waals surface area contributed by atoms with Crippen molar-refractivity contribution in [1.29, 1.82) is 0 Å². The maximum Gasteiger partial charge on any atom is 0.239 e. The van der Waals surface area contributed by atoms with Crippen molar-refractivity contribution in [3.63, 3.8) is 0 Å². The maximum atomic E-state index is 13.2. The van der Waals surface area contributed by atoms with Crippen molar-refractivity contribution < 1.29 is 14.4 Å². The summed E-state index contributed by atoms with van der Waals surface area (Å²) in [6.07, 6.45) is 4.15. The highest BCUT2D eigenvalue weighted by Crippen LogP contribution is 2.46. The molecule has 0 spiro atoms. The van der Waals surface area contributed by atoms with Crippen LogP contribution in [0.4, 0.5) is 5.69 Å². The molecule has 5 nitrogen and oxygen atoms in total. The third-order valence-electron chi connectivity index (χ3n) is 6.11. The molecule has 3 heterocycles. The average molecular weight is 372 g/mol. The zero-order chi connectivity index (χ0) is 19.3. The van der Waals surface area contributed by atoms with Crippen LogP contribution < -0.4 is 4.90 Å². The van der Waals surface area contributed by atoms with Crippen molar-refractivity contribution in [3.05, 3.63) is 78.4 Å². The predicted octanol–water partition coefficient (Wildman–Crippen LogP) is 2.23. The van der Waals surface area contributed by atoms with Gasteiger partial charge in [0.1, 0.15) is 0 Å². The minimum atomic E-state index is -0.601. The number of anilines is 1. The van der Waals surface area contributed by atoms with Crippen molar-refractivity contribution in [2.24, 2.45) is 11.8 Å². The fraction of sp³-hybridized carbons (Fsp3) is 0.261. The first-order valence-electron chi connectivity index (χ1n) is 9.61. The number of carbonyl (C=O) groups excluding carboxylic acids is 3. The van der Waals surface area contributed by atoms with Gasteiger partial charge < -0.3 is 0 Å². The molecular weight excluding hydrogens is 352 g/mol. The molecule has 0 N–H and O–H groups in total.